The van der Waals surface area contributed by atoms with E-state index in [2.05, 4.69) is 60.5 Å². The molecule has 1 heterocycles. The molecule has 0 aliphatic heterocycles. The molecule has 1 atom stereocenters. The van der Waals surface area contributed by atoms with Crippen molar-refractivity contribution >= 4 is 28.3 Å². The summed E-state index contributed by atoms with van der Waals surface area (Å²) in [5.41, 5.74) is 6.11. The summed E-state index contributed by atoms with van der Waals surface area (Å²) >= 11 is 6.47. The molecule has 0 bridgehead atoms. The predicted octanol–water partition coefficient (Wildman–Crippen LogP) is 7.64. The van der Waals surface area contributed by atoms with Gasteiger partial charge in [-0.3, -0.25) is 0 Å². The highest BCUT2D eigenvalue weighted by molar-refractivity contribution is 6.31. The molecule has 0 amide bonds. The third-order valence-corrected chi connectivity index (χ3v) is 6.06. The van der Waals surface area contributed by atoms with Crippen molar-refractivity contribution in [1.82, 2.24) is 9.55 Å². The Bertz CT molecular complexity index is 1250. The first-order valence-electron chi connectivity index (χ1n) is 10.7. The SMILES string of the molecule is [C-]#[N+]c1ccc2c(c1)nc(C(C)c1ccc(CC(C)C)cc1)n2Cc1ccccc1Cl. The minimum Gasteiger partial charge on any atom is -0.323 e. The van der Waals surface area contributed by atoms with Gasteiger partial charge in [0.2, 0.25) is 0 Å². The Kier molecular flexibility index (Phi) is 6.11. The molecular weight excluding hydrogens is 402 g/mol. The van der Waals surface area contributed by atoms with Crippen LogP contribution in [0.1, 0.15) is 49.2 Å². The lowest BCUT2D eigenvalue weighted by molar-refractivity contribution is 0.646. The lowest BCUT2D eigenvalue weighted by Crippen LogP contribution is -2.10. The lowest BCUT2D eigenvalue weighted by Gasteiger charge is -2.17. The fourth-order valence-electron chi connectivity index (χ4n) is 4.06. The first-order chi connectivity index (χ1) is 15.0. The molecule has 1 aromatic heterocycles. The number of imidazole rings is 1. The van der Waals surface area contributed by atoms with Crippen LogP contribution in [0.3, 0.4) is 0 Å². The van der Waals surface area contributed by atoms with Gasteiger partial charge in [-0.1, -0.05) is 80.9 Å². The Balaban J connectivity index is 1.78. The van der Waals surface area contributed by atoms with E-state index in [-0.39, 0.29) is 5.92 Å². The van der Waals surface area contributed by atoms with Crippen LogP contribution in [-0.4, -0.2) is 9.55 Å². The van der Waals surface area contributed by atoms with Gasteiger partial charge in [0.05, 0.1) is 24.2 Å². The molecule has 31 heavy (non-hydrogen) atoms. The monoisotopic (exact) mass is 427 g/mol. The molecule has 4 heteroatoms. The van der Waals surface area contributed by atoms with Crippen LogP contribution < -0.4 is 0 Å². The molecule has 4 rings (SSSR count). The fraction of sp³-hybridized carbons (Fsp3) is 0.259. The van der Waals surface area contributed by atoms with E-state index in [1.54, 1.807) is 0 Å². The second kappa shape index (κ2) is 8.96. The zero-order valence-electron chi connectivity index (χ0n) is 18.1. The van der Waals surface area contributed by atoms with Gasteiger partial charge < -0.3 is 4.57 Å². The second-order valence-corrected chi connectivity index (χ2v) is 8.90. The molecule has 4 aromatic rings. The highest BCUT2D eigenvalue weighted by Crippen LogP contribution is 2.31. The van der Waals surface area contributed by atoms with Crippen LogP contribution in [-0.2, 0) is 13.0 Å². The van der Waals surface area contributed by atoms with Crippen molar-refractivity contribution in [2.24, 2.45) is 5.92 Å². The van der Waals surface area contributed by atoms with E-state index in [4.69, 9.17) is 23.2 Å². The highest BCUT2D eigenvalue weighted by atomic mass is 35.5. The zero-order valence-corrected chi connectivity index (χ0v) is 18.9. The van der Waals surface area contributed by atoms with Gasteiger partial charge >= 0.3 is 0 Å². The molecule has 156 valence electrons. The van der Waals surface area contributed by atoms with Crippen molar-refractivity contribution in [3.8, 4) is 0 Å². The van der Waals surface area contributed by atoms with Crippen LogP contribution in [0.5, 0.6) is 0 Å². The standard InChI is InChI=1S/C27H26ClN3/c1-18(2)15-20-9-11-21(12-10-20)19(3)27-30-25-16-23(29-4)13-14-26(25)31(27)17-22-7-5-6-8-24(22)28/h5-14,16,18-19H,15,17H2,1-3H3. The van der Waals surface area contributed by atoms with Gasteiger partial charge in [-0.25, -0.2) is 9.83 Å². The van der Waals surface area contributed by atoms with Gasteiger partial charge in [0, 0.05) is 10.9 Å². The Hall–Kier alpha value is -3.09. The number of fused-ring (bicyclic) bond motifs is 1. The summed E-state index contributed by atoms with van der Waals surface area (Å²) < 4.78 is 2.23. The molecule has 0 aliphatic rings. The molecule has 0 radical (unpaired) electrons. The smallest absolute Gasteiger partial charge is 0.189 e. The Morgan fingerprint density at radius 3 is 2.42 bits per heavy atom. The van der Waals surface area contributed by atoms with Gasteiger partial charge in [-0.15, -0.1) is 0 Å². The second-order valence-electron chi connectivity index (χ2n) is 8.49. The lowest BCUT2D eigenvalue weighted by atomic mass is 9.96. The third-order valence-electron chi connectivity index (χ3n) is 5.69. The van der Waals surface area contributed by atoms with Crippen molar-refractivity contribution in [1.29, 1.82) is 0 Å². The average Bonchev–Trinajstić information content (AvgIpc) is 3.12. The Morgan fingerprint density at radius 2 is 1.74 bits per heavy atom. The minimum atomic E-state index is 0.111. The molecule has 0 spiro atoms. The molecule has 1 unspecified atom stereocenters. The normalized spacial score (nSPS) is 12.3. The highest BCUT2D eigenvalue weighted by Gasteiger charge is 2.19. The van der Waals surface area contributed by atoms with Gasteiger partial charge in [0.25, 0.3) is 0 Å². The van der Waals surface area contributed by atoms with Crippen molar-refractivity contribution in [2.75, 3.05) is 0 Å². The summed E-state index contributed by atoms with van der Waals surface area (Å²) in [4.78, 5) is 8.54. The largest absolute Gasteiger partial charge is 0.323 e. The Morgan fingerprint density at radius 1 is 1.00 bits per heavy atom. The molecule has 0 N–H and O–H groups in total. The van der Waals surface area contributed by atoms with E-state index in [1.165, 1.54) is 11.1 Å². The van der Waals surface area contributed by atoms with E-state index in [9.17, 15) is 0 Å². The quantitative estimate of drug-likeness (QED) is 0.290. The Labute approximate surface area is 189 Å². The van der Waals surface area contributed by atoms with E-state index in [0.29, 0.717) is 18.2 Å². The van der Waals surface area contributed by atoms with E-state index in [1.807, 2.05) is 36.4 Å². The number of aromatic nitrogens is 2. The van der Waals surface area contributed by atoms with Gasteiger partial charge in [-0.05, 0) is 47.2 Å². The molecule has 3 nitrogen and oxygen atoms in total. The minimum absolute atomic E-state index is 0.111. The fourth-order valence-corrected chi connectivity index (χ4v) is 4.26. The number of hydrogen-bond donors (Lipinski definition) is 0. The van der Waals surface area contributed by atoms with Gasteiger partial charge in [-0.2, -0.15) is 0 Å². The number of halogens is 1. The van der Waals surface area contributed by atoms with Crippen molar-refractivity contribution in [3.63, 3.8) is 0 Å². The first-order valence-corrected chi connectivity index (χ1v) is 11.0. The topological polar surface area (TPSA) is 22.2 Å². The summed E-state index contributed by atoms with van der Waals surface area (Å²) in [6, 6.07) is 22.5. The maximum atomic E-state index is 7.35. The molecule has 0 saturated heterocycles. The van der Waals surface area contributed by atoms with Crippen molar-refractivity contribution < 1.29 is 0 Å². The third kappa shape index (κ3) is 4.50. The van der Waals surface area contributed by atoms with Crippen LogP contribution in [0.15, 0.2) is 66.7 Å². The zero-order chi connectivity index (χ0) is 22.0. The predicted molar refractivity (Wildman–Crippen MR) is 129 cm³/mol. The van der Waals surface area contributed by atoms with Crippen LogP contribution in [0, 0.1) is 12.5 Å². The average molecular weight is 428 g/mol. The van der Waals surface area contributed by atoms with Crippen molar-refractivity contribution in [2.45, 2.75) is 39.7 Å². The maximum Gasteiger partial charge on any atom is 0.189 e. The van der Waals surface area contributed by atoms with Crippen LogP contribution in [0.2, 0.25) is 5.02 Å². The molecule has 0 aliphatic carbocycles. The summed E-state index contributed by atoms with van der Waals surface area (Å²) in [6.07, 6.45) is 1.08. The van der Waals surface area contributed by atoms with E-state index < -0.39 is 0 Å². The molecule has 3 aromatic carbocycles. The molecular formula is C27H26ClN3. The summed E-state index contributed by atoms with van der Waals surface area (Å²) in [6.45, 7) is 14.7. The molecule has 0 saturated carbocycles. The molecule has 0 fully saturated rings. The summed E-state index contributed by atoms with van der Waals surface area (Å²) in [7, 11) is 0. The number of nitrogens with zero attached hydrogens (tertiary/aromatic N) is 3. The number of rotatable bonds is 6. The van der Waals surface area contributed by atoms with Crippen LogP contribution >= 0.6 is 11.6 Å². The maximum absolute atomic E-state index is 7.35. The van der Waals surface area contributed by atoms with E-state index >= 15 is 0 Å². The number of benzene rings is 3. The summed E-state index contributed by atoms with van der Waals surface area (Å²) in [5, 5.41) is 0.749. The summed E-state index contributed by atoms with van der Waals surface area (Å²) in [5.74, 6) is 1.73. The first kappa shape index (κ1) is 21.2. The number of hydrogen-bond acceptors (Lipinski definition) is 1. The van der Waals surface area contributed by atoms with Crippen molar-refractivity contribution in [3.05, 3.63) is 106 Å². The van der Waals surface area contributed by atoms with E-state index in [0.717, 1.165) is 33.9 Å². The van der Waals surface area contributed by atoms with Crippen LogP contribution in [0.4, 0.5) is 5.69 Å². The van der Waals surface area contributed by atoms with Gasteiger partial charge in [0.15, 0.2) is 5.69 Å². The van der Waals surface area contributed by atoms with Gasteiger partial charge in [0.1, 0.15) is 5.82 Å². The van der Waals surface area contributed by atoms with Crippen LogP contribution in [0.25, 0.3) is 15.9 Å².